The number of nitrogens with zero attached hydrogens (tertiary/aromatic N) is 2. The number of aromatic nitrogens is 1. The summed E-state index contributed by atoms with van der Waals surface area (Å²) in [6.07, 6.45) is 2.63. The molecular formula is C21H18ClN3O. The fourth-order valence-corrected chi connectivity index (χ4v) is 3.44. The zero-order valence-electron chi connectivity index (χ0n) is 14.4. The van der Waals surface area contributed by atoms with Crippen molar-refractivity contribution < 1.29 is 4.79 Å². The Morgan fingerprint density at radius 2 is 2.00 bits per heavy atom. The standard InChI is InChI=1S/C21H18ClN3O/c1-14-12-17(22)7-8-18(14)24-21(26)16-6-9-20(23-13-16)25-11-10-15-4-2-3-5-19(15)25/h2-9,12-13H,10-11H2,1H3,(H,24,26). The van der Waals surface area contributed by atoms with Gasteiger partial charge < -0.3 is 10.2 Å². The lowest BCUT2D eigenvalue weighted by atomic mass is 10.2. The molecule has 5 heteroatoms. The van der Waals surface area contributed by atoms with E-state index in [1.165, 1.54) is 11.3 Å². The molecular weight excluding hydrogens is 346 g/mol. The molecule has 1 aliphatic heterocycles. The molecule has 1 aromatic heterocycles. The van der Waals surface area contributed by atoms with Crippen LogP contribution in [-0.2, 0) is 6.42 Å². The Morgan fingerprint density at radius 3 is 2.77 bits per heavy atom. The van der Waals surface area contributed by atoms with Crippen LogP contribution in [0.25, 0.3) is 0 Å². The van der Waals surface area contributed by atoms with Crippen molar-refractivity contribution in [2.24, 2.45) is 0 Å². The minimum atomic E-state index is -0.184. The Morgan fingerprint density at radius 1 is 1.15 bits per heavy atom. The number of para-hydroxylation sites is 1. The van der Waals surface area contributed by atoms with Gasteiger partial charge in [-0.2, -0.15) is 0 Å². The molecule has 4 nitrogen and oxygen atoms in total. The summed E-state index contributed by atoms with van der Waals surface area (Å²) in [6, 6.07) is 17.4. The van der Waals surface area contributed by atoms with E-state index in [0.29, 0.717) is 10.6 Å². The van der Waals surface area contributed by atoms with E-state index in [9.17, 15) is 4.79 Å². The first-order chi connectivity index (χ1) is 12.6. The van der Waals surface area contributed by atoms with Crippen LogP contribution in [0.15, 0.2) is 60.8 Å². The Labute approximate surface area is 157 Å². The Kier molecular flexibility index (Phi) is 4.35. The molecule has 0 saturated heterocycles. The van der Waals surface area contributed by atoms with Gasteiger partial charge in [-0.1, -0.05) is 29.8 Å². The second-order valence-corrected chi connectivity index (χ2v) is 6.79. The summed E-state index contributed by atoms with van der Waals surface area (Å²) in [7, 11) is 0. The van der Waals surface area contributed by atoms with E-state index in [0.717, 1.165) is 30.0 Å². The number of hydrogen-bond acceptors (Lipinski definition) is 3. The zero-order chi connectivity index (χ0) is 18.1. The lowest BCUT2D eigenvalue weighted by molar-refractivity contribution is 0.102. The normalized spacial score (nSPS) is 12.8. The highest BCUT2D eigenvalue weighted by Crippen LogP contribution is 2.33. The lowest BCUT2D eigenvalue weighted by Crippen LogP contribution is -2.16. The highest BCUT2D eigenvalue weighted by molar-refractivity contribution is 6.30. The highest BCUT2D eigenvalue weighted by Gasteiger charge is 2.20. The third-order valence-corrected chi connectivity index (χ3v) is 4.85. The van der Waals surface area contributed by atoms with Crippen LogP contribution in [0.1, 0.15) is 21.5 Å². The maximum atomic E-state index is 12.5. The van der Waals surface area contributed by atoms with Gasteiger partial charge in [0.15, 0.2) is 0 Å². The lowest BCUT2D eigenvalue weighted by Gasteiger charge is -2.18. The number of pyridine rings is 1. The third kappa shape index (κ3) is 3.16. The van der Waals surface area contributed by atoms with Gasteiger partial charge in [0, 0.05) is 29.1 Å². The molecule has 2 aromatic carbocycles. The van der Waals surface area contributed by atoms with E-state index in [4.69, 9.17) is 11.6 Å². The van der Waals surface area contributed by atoms with Crippen LogP contribution >= 0.6 is 11.6 Å². The molecule has 26 heavy (non-hydrogen) atoms. The second-order valence-electron chi connectivity index (χ2n) is 6.35. The number of benzene rings is 2. The number of fused-ring (bicyclic) bond motifs is 1. The molecule has 0 saturated carbocycles. The first kappa shape index (κ1) is 16.6. The van der Waals surface area contributed by atoms with Crippen molar-refractivity contribution in [1.29, 1.82) is 0 Å². The molecule has 3 aromatic rings. The number of amides is 1. The number of aryl methyl sites for hydroxylation is 1. The van der Waals surface area contributed by atoms with Crippen molar-refractivity contribution in [3.63, 3.8) is 0 Å². The van der Waals surface area contributed by atoms with Crippen LogP contribution < -0.4 is 10.2 Å². The predicted molar refractivity (Wildman–Crippen MR) is 106 cm³/mol. The summed E-state index contributed by atoms with van der Waals surface area (Å²) in [4.78, 5) is 19.2. The third-order valence-electron chi connectivity index (χ3n) is 4.61. The first-order valence-electron chi connectivity index (χ1n) is 8.51. The number of carbonyl (C=O) groups is 1. The van der Waals surface area contributed by atoms with Gasteiger partial charge in [0.25, 0.3) is 5.91 Å². The minimum absolute atomic E-state index is 0.184. The number of hydrogen-bond donors (Lipinski definition) is 1. The minimum Gasteiger partial charge on any atom is -0.326 e. The van der Waals surface area contributed by atoms with E-state index in [-0.39, 0.29) is 5.91 Å². The summed E-state index contributed by atoms with van der Waals surface area (Å²) in [6.45, 7) is 2.81. The zero-order valence-corrected chi connectivity index (χ0v) is 15.1. The van der Waals surface area contributed by atoms with E-state index < -0.39 is 0 Å². The van der Waals surface area contributed by atoms with E-state index in [1.807, 2.05) is 31.2 Å². The molecule has 4 rings (SSSR count). The molecule has 1 amide bonds. The van der Waals surface area contributed by atoms with Gasteiger partial charge >= 0.3 is 0 Å². The molecule has 0 spiro atoms. The van der Waals surface area contributed by atoms with Crippen molar-refractivity contribution >= 4 is 34.7 Å². The molecule has 130 valence electrons. The van der Waals surface area contributed by atoms with Crippen LogP contribution in [-0.4, -0.2) is 17.4 Å². The summed E-state index contributed by atoms with van der Waals surface area (Å²) in [5, 5.41) is 3.56. The SMILES string of the molecule is Cc1cc(Cl)ccc1NC(=O)c1ccc(N2CCc3ccccc32)nc1. The average molecular weight is 364 g/mol. The average Bonchev–Trinajstić information content (AvgIpc) is 3.08. The predicted octanol–water partition coefficient (Wildman–Crippen LogP) is 4.99. The Balaban J connectivity index is 1.52. The van der Waals surface area contributed by atoms with Crippen LogP contribution in [0.3, 0.4) is 0 Å². The van der Waals surface area contributed by atoms with Gasteiger partial charge in [-0.25, -0.2) is 4.98 Å². The maximum Gasteiger partial charge on any atom is 0.257 e. The van der Waals surface area contributed by atoms with Crippen LogP contribution in [0, 0.1) is 6.92 Å². The smallest absolute Gasteiger partial charge is 0.257 e. The highest BCUT2D eigenvalue weighted by atomic mass is 35.5. The summed E-state index contributed by atoms with van der Waals surface area (Å²) in [5.74, 6) is 0.672. The fraction of sp³-hybridized carbons (Fsp3) is 0.143. The van der Waals surface area contributed by atoms with Crippen molar-refractivity contribution in [1.82, 2.24) is 4.98 Å². The van der Waals surface area contributed by atoms with E-state index in [1.54, 1.807) is 18.3 Å². The number of anilines is 3. The maximum absolute atomic E-state index is 12.5. The van der Waals surface area contributed by atoms with E-state index >= 15 is 0 Å². The molecule has 1 N–H and O–H groups in total. The molecule has 1 aliphatic rings. The fourth-order valence-electron chi connectivity index (χ4n) is 3.22. The first-order valence-corrected chi connectivity index (χ1v) is 8.88. The summed E-state index contributed by atoms with van der Waals surface area (Å²) >= 11 is 5.96. The van der Waals surface area contributed by atoms with Gasteiger partial charge in [0.05, 0.1) is 5.56 Å². The molecule has 0 atom stereocenters. The molecule has 0 fully saturated rings. The van der Waals surface area contributed by atoms with Crippen molar-refractivity contribution in [2.45, 2.75) is 13.3 Å². The van der Waals surface area contributed by atoms with Gasteiger partial charge in [0.2, 0.25) is 0 Å². The number of nitrogens with one attached hydrogen (secondary N) is 1. The van der Waals surface area contributed by atoms with Crippen LogP contribution in [0.5, 0.6) is 0 Å². The second kappa shape index (κ2) is 6.81. The molecule has 0 radical (unpaired) electrons. The molecule has 0 bridgehead atoms. The molecule has 2 heterocycles. The Hall–Kier alpha value is -2.85. The van der Waals surface area contributed by atoms with E-state index in [2.05, 4.69) is 33.4 Å². The quantitative estimate of drug-likeness (QED) is 0.713. The van der Waals surface area contributed by atoms with Crippen LogP contribution in [0.4, 0.5) is 17.2 Å². The number of halogens is 1. The van der Waals surface area contributed by atoms with Crippen molar-refractivity contribution in [3.8, 4) is 0 Å². The van der Waals surface area contributed by atoms with Gasteiger partial charge in [-0.3, -0.25) is 4.79 Å². The molecule has 0 aliphatic carbocycles. The number of rotatable bonds is 3. The van der Waals surface area contributed by atoms with Gasteiger partial charge in [-0.15, -0.1) is 0 Å². The van der Waals surface area contributed by atoms with Gasteiger partial charge in [-0.05, 0) is 60.9 Å². The number of carbonyl (C=O) groups excluding carboxylic acids is 1. The summed E-state index contributed by atoms with van der Waals surface area (Å²) in [5.41, 5.74) is 4.71. The van der Waals surface area contributed by atoms with Crippen molar-refractivity contribution in [2.75, 3.05) is 16.8 Å². The topological polar surface area (TPSA) is 45.2 Å². The van der Waals surface area contributed by atoms with Crippen molar-refractivity contribution in [3.05, 3.63) is 82.5 Å². The summed E-state index contributed by atoms with van der Waals surface area (Å²) < 4.78 is 0. The van der Waals surface area contributed by atoms with Crippen LogP contribution in [0.2, 0.25) is 5.02 Å². The largest absolute Gasteiger partial charge is 0.326 e. The molecule has 0 unspecified atom stereocenters. The Bertz CT molecular complexity index is 969. The van der Waals surface area contributed by atoms with Gasteiger partial charge in [0.1, 0.15) is 5.82 Å². The monoisotopic (exact) mass is 363 g/mol.